The van der Waals surface area contributed by atoms with Crippen LogP contribution in [0.1, 0.15) is 11.1 Å². The van der Waals surface area contributed by atoms with Gasteiger partial charge in [-0.3, -0.25) is 0 Å². The van der Waals surface area contributed by atoms with E-state index < -0.39 is 0 Å². The Labute approximate surface area is 212 Å². The predicted octanol–water partition coefficient (Wildman–Crippen LogP) is 8.52. The molecule has 0 saturated carbocycles. The quantitative estimate of drug-likeness (QED) is 0.249. The van der Waals surface area contributed by atoms with E-state index in [0.29, 0.717) is 17.0 Å². The highest BCUT2D eigenvalue weighted by Gasteiger charge is 2.17. The standard InChI is InChI=1S/C33H22N2O2/c34-28(21-9-5-2-6-10-21)19-29(35)23-12-16-31-27(18-23)25-14-13-24-26-17-22(20-7-3-1-4-8-20)11-15-30(26)36-32(24)33(25)37-31/h1-19,35H,34H2/b28-19-,35-29?. The van der Waals surface area contributed by atoms with Crippen molar-refractivity contribution < 1.29 is 8.83 Å². The fraction of sp³-hybridized carbons (Fsp3) is 0. The second-order valence-electron chi connectivity index (χ2n) is 9.19. The number of benzene rings is 5. The molecule has 0 aliphatic carbocycles. The second kappa shape index (κ2) is 8.25. The molecule has 37 heavy (non-hydrogen) atoms. The molecule has 7 rings (SSSR count). The largest absolute Gasteiger partial charge is 0.452 e. The van der Waals surface area contributed by atoms with Crippen LogP contribution in [0.5, 0.6) is 0 Å². The third-order valence-electron chi connectivity index (χ3n) is 6.90. The topological polar surface area (TPSA) is 76.2 Å². The number of nitrogens with two attached hydrogens (primary N) is 1. The Bertz CT molecular complexity index is 1990. The molecular weight excluding hydrogens is 456 g/mol. The maximum atomic E-state index is 8.64. The fourth-order valence-corrected chi connectivity index (χ4v) is 5.00. The first-order valence-corrected chi connectivity index (χ1v) is 12.1. The van der Waals surface area contributed by atoms with E-state index in [4.69, 9.17) is 20.0 Å². The minimum Gasteiger partial charge on any atom is -0.452 e. The lowest BCUT2D eigenvalue weighted by Crippen LogP contribution is -2.02. The summed E-state index contributed by atoms with van der Waals surface area (Å²) in [5.41, 5.74) is 14.2. The summed E-state index contributed by atoms with van der Waals surface area (Å²) in [4.78, 5) is 0. The van der Waals surface area contributed by atoms with Gasteiger partial charge >= 0.3 is 0 Å². The second-order valence-corrected chi connectivity index (χ2v) is 9.19. The van der Waals surface area contributed by atoms with Crippen LogP contribution in [-0.2, 0) is 0 Å². The zero-order valence-corrected chi connectivity index (χ0v) is 19.9. The molecule has 0 unspecified atom stereocenters. The van der Waals surface area contributed by atoms with E-state index in [0.717, 1.165) is 55.0 Å². The molecule has 0 fully saturated rings. The third kappa shape index (κ3) is 3.50. The van der Waals surface area contributed by atoms with Crippen LogP contribution in [0, 0.1) is 5.41 Å². The van der Waals surface area contributed by atoms with Crippen molar-refractivity contribution in [2.75, 3.05) is 0 Å². The molecule has 5 aromatic carbocycles. The number of hydrogen-bond acceptors (Lipinski definition) is 4. The molecule has 0 aliphatic rings. The molecule has 0 aliphatic heterocycles. The third-order valence-corrected chi connectivity index (χ3v) is 6.90. The Morgan fingerprint density at radius 2 is 1.16 bits per heavy atom. The Balaban J connectivity index is 1.34. The maximum absolute atomic E-state index is 8.64. The monoisotopic (exact) mass is 478 g/mol. The van der Waals surface area contributed by atoms with Gasteiger partial charge < -0.3 is 20.0 Å². The van der Waals surface area contributed by atoms with E-state index in [1.54, 1.807) is 6.08 Å². The number of hydrogen-bond donors (Lipinski definition) is 2. The van der Waals surface area contributed by atoms with E-state index in [1.807, 2.05) is 72.8 Å². The van der Waals surface area contributed by atoms with Crippen molar-refractivity contribution in [2.45, 2.75) is 0 Å². The van der Waals surface area contributed by atoms with Crippen molar-refractivity contribution in [3.8, 4) is 11.1 Å². The first kappa shape index (κ1) is 21.2. The number of nitrogens with one attached hydrogen (secondary N) is 1. The molecule has 0 spiro atoms. The molecule has 0 atom stereocenters. The molecule has 2 aromatic heterocycles. The average Bonchev–Trinajstić information content (AvgIpc) is 3.51. The highest BCUT2D eigenvalue weighted by Crippen LogP contribution is 2.40. The summed E-state index contributed by atoms with van der Waals surface area (Å²) in [5, 5.41) is 12.6. The zero-order valence-electron chi connectivity index (χ0n) is 19.9. The van der Waals surface area contributed by atoms with Crippen LogP contribution >= 0.6 is 0 Å². The summed E-state index contributed by atoms with van der Waals surface area (Å²) >= 11 is 0. The van der Waals surface area contributed by atoms with Crippen molar-refractivity contribution in [1.82, 2.24) is 0 Å². The Hall–Kier alpha value is -5.09. The molecule has 7 aromatic rings. The normalized spacial score (nSPS) is 12.2. The van der Waals surface area contributed by atoms with Crippen molar-refractivity contribution >= 4 is 55.3 Å². The van der Waals surface area contributed by atoms with Crippen LogP contribution in [-0.4, -0.2) is 5.71 Å². The van der Waals surface area contributed by atoms with E-state index in [-0.39, 0.29) is 0 Å². The van der Waals surface area contributed by atoms with E-state index in [1.165, 1.54) is 5.56 Å². The van der Waals surface area contributed by atoms with Crippen molar-refractivity contribution in [1.29, 1.82) is 5.41 Å². The highest BCUT2D eigenvalue weighted by molar-refractivity contribution is 6.20. The minimum atomic E-state index is 0.343. The summed E-state index contributed by atoms with van der Waals surface area (Å²) in [5.74, 6) is 0. The molecule has 0 bridgehead atoms. The molecule has 3 N–H and O–H groups in total. The van der Waals surface area contributed by atoms with Gasteiger partial charge in [-0.05, 0) is 65.2 Å². The van der Waals surface area contributed by atoms with Crippen LogP contribution in [0.2, 0.25) is 0 Å². The summed E-state index contributed by atoms with van der Waals surface area (Å²) in [6.45, 7) is 0. The van der Waals surface area contributed by atoms with Crippen LogP contribution in [0.3, 0.4) is 0 Å². The summed E-state index contributed by atoms with van der Waals surface area (Å²) in [6.07, 6.45) is 1.69. The van der Waals surface area contributed by atoms with Gasteiger partial charge in [0, 0.05) is 32.8 Å². The number of fused-ring (bicyclic) bond motifs is 7. The molecule has 2 heterocycles. The van der Waals surface area contributed by atoms with Gasteiger partial charge in [0.05, 0.1) is 5.71 Å². The lowest BCUT2D eigenvalue weighted by molar-refractivity contribution is 0.633. The summed E-state index contributed by atoms with van der Waals surface area (Å²) < 4.78 is 12.6. The Morgan fingerprint density at radius 3 is 1.84 bits per heavy atom. The first-order chi connectivity index (χ1) is 18.2. The van der Waals surface area contributed by atoms with Crippen LogP contribution in [0.15, 0.2) is 124 Å². The molecule has 4 nitrogen and oxygen atoms in total. The SMILES string of the molecule is N=C(/C=C(\N)c1ccccc1)c1ccc2oc3c(ccc4c5cc(-c6ccccc6)ccc5oc43)c2c1. The average molecular weight is 479 g/mol. The zero-order chi connectivity index (χ0) is 24.9. The van der Waals surface area contributed by atoms with Gasteiger partial charge in [-0.1, -0.05) is 66.7 Å². The van der Waals surface area contributed by atoms with Gasteiger partial charge in [0.25, 0.3) is 0 Å². The minimum absolute atomic E-state index is 0.343. The molecule has 0 saturated heterocycles. The predicted molar refractivity (Wildman–Crippen MR) is 152 cm³/mol. The molecule has 176 valence electrons. The van der Waals surface area contributed by atoms with E-state index >= 15 is 0 Å². The number of rotatable bonds is 4. The lowest BCUT2D eigenvalue weighted by atomic mass is 10.0. The van der Waals surface area contributed by atoms with Crippen molar-refractivity contribution in [2.24, 2.45) is 5.73 Å². The van der Waals surface area contributed by atoms with Crippen molar-refractivity contribution in [3.63, 3.8) is 0 Å². The van der Waals surface area contributed by atoms with Crippen LogP contribution in [0.4, 0.5) is 0 Å². The molecule has 0 radical (unpaired) electrons. The summed E-state index contributed by atoms with van der Waals surface area (Å²) in [7, 11) is 0. The maximum Gasteiger partial charge on any atom is 0.178 e. The van der Waals surface area contributed by atoms with Gasteiger partial charge in [0.15, 0.2) is 11.2 Å². The smallest absolute Gasteiger partial charge is 0.178 e. The molecule has 0 amide bonds. The molecular formula is C33H22N2O2. The lowest BCUT2D eigenvalue weighted by Gasteiger charge is -2.04. The summed E-state index contributed by atoms with van der Waals surface area (Å²) in [6, 6.07) is 36.3. The van der Waals surface area contributed by atoms with Gasteiger partial charge in [0.1, 0.15) is 11.2 Å². The Kier molecular flexibility index (Phi) is 4.73. The fourth-order valence-electron chi connectivity index (χ4n) is 5.00. The van der Waals surface area contributed by atoms with Crippen LogP contribution in [0.25, 0.3) is 60.7 Å². The van der Waals surface area contributed by atoms with Crippen LogP contribution < -0.4 is 5.73 Å². The van der Waals surface area contributed by atoms with Gasteiger partial charge in [-0.25, -0.2) is 0 Å². The number of furan rings is 2. The van der Waals surface area contributed by atoms with E-state index in [2.05, 4.69) is 36.4 Å². The van der Waals surface area contributed by atoms with Gasteiger partial charge in [-0.15, -0.1) is 0 Å². The highest BCUT2D eigenvalue weighted by atomic mass is 16.4. The van der Waals surface area contributed by atoms with Crippen molar-refractivity contribution in [3.05, 3.63) is 126 Å². The van der Waals surface area contributed by atoms with E-state index in [9.17, 15) is 0 Å². The first-order valence-electron chi connectivity index (χ1n) is 12.1. The van der Waals surface area contributed by atoms with Gasteiger partial charge in [-0.2, -0.15) is 0 Å². The van der Waals surface area contributed by atoms with Gasteiger partial charge in [0.2, 0.25) is 0 Å². The molecule has 4 heteroatoms. The Morgan fingerprint density at radius 1 is 0.568 bits per heavy atom. The number of allylic oxidation sites excluding steroid dienone is 1.